The van der Waals surface area contributed by atoms with E-state index in [0.29, 0.717) is 13.1 Å². The second-order valence-corrected chi connectivity index (χ2v) is 5.39. The van der Waals surface area contributed by atoms with E-state index in [1.165, 1.54) is 0 Å². The van der Waals surface area contributed by atoms with Crippen molar-refractivity contribution >= 4 is 11.3 Å². The number of rotatable bonds is 6. The lowest BCUT2D eigenvalue weighted by molar-refractivity contribution is 0.654. The van der Waals surface area contributed by atoms with Crippen molar-refractivity contribution in [1.29, 1.82) is 0 Å². The van der Waals surface area contributed by atoms with Gasteiger partial charge >= 0.3 is 0 Å². The number of aromatic nitrogens is 1. The molecule has 2 heterocycles. The molecular formula is C15H20N2OS. The van der Waals surface area contributed by atoms with Gasteiger partial charge in [-0.05, 0) is 37.4 Å². The lowest BCUT2D eigenvalue weighted by atomic mass is 10.2. The molecule has 2 aromatic rings. The normalized spacial score (nSPS) is 10.8. The Bertz CT molecular complexity index is 572. The summed E-state index contributed by atoms with van der Waals surface area (Å²) in [4.78, 5) is 13.6. The van der Waals surface area contributed by atoms with Gasteiger partial charge in [0.25, 0.3) is 5.56 Å². The topological polar surface area (TPSA) is 34.0 Å². The predicted molar refractivity (Wildman–Crippen MR) is 81.7 cm³/mol. The zero-order chi connectivity index (χ0) is 13.7. The van der Waals surface area contributed by atoms with E-state index in [-0.39, 0.29) is 5.56 Å². The van der Waals surface area contributed by atoms with E-state index < -0.39 is 0 Å². The highest BCUT2D eigenvalue weighted by molar-refractivity contribution is 7.13. The minimum Gasteiger partial charge on any atom is -0.312 e. The average molecular weight is 276 g/mol. The molecule has 0 bridgehead atoms. The van der Waals surface area contributed by atoms with Gasteiger partial charge in [-0.25, -0.2) is 0 Å². The molecule has 0 aromatic carbocycles. The van der Waals surface area contributed by atoms with Gasteiger partial charge in [0.1, 0.15) is 0 Å². The summed E-state index contributed by atoms with van der Waals surface area (Å²) in [6.07, 6.45) is 1.08. The Morgan fingerprint density at radius 3 is 2.74 bits per heavy atom. The molecule has 102 valence electrons. The van der Waals surface area contributed by atoms with Crippen LogP contribution < -0.4 is 10.9 Å². The summed E-state index contributed by atoms with van der Waals surface area (Å²) in [6.45, 7) is 6.43. The molecule has 0 aliphatic carbocycles. The molecule has 2 aromatic heterocycles. The van der Waals surface area contributed by atoms with Crippen molar-refractivity contribution < 1.29 is 0 Å². The third kappa shape index (κ3) is 3.14. The van der Waals surface area contributed by atoms with Crippen molar-refractivity contribution in [2.24, 2.45) is 0 Å². The molecule has 0 saturated carbocycles. The highest BCUT2D eigenvalue weighted by Crippen LogP contribution is 2.23. The van der Waals surface area contributed by atoms with Crippen molar-refractivity contribution in [3.63, 3.8) is 0 Å². The first-order chi connectivity index (χ1) is 9.27. The molecule has 0 atom stereocenters. The number of nitrogens with one attached hydrogen (secondary N) is 1. The van der Waals surface area contributed by atoms with E-state index >= 15 is 0 Å². The summed E-state index contributed by atoms with van der Waals surface area (Å²) in [7, 11) is 0. The third-order valence-corrected chi connectivity index (χ3v) is 3.98. The van der Waals surface area contributed by atoms with Gasteiger partial charge in [-0.15, -0.1) is 11.3 Å². The quantitative estimate of drug-likeness (QED) is 0.823. The van der Waals surface area contributed by atoms with E-state index in [1.807, 2.05) is 29.0 Å². The molecule has 0 fully saturated rings. The number of pyridine rings is 1. The van der Waals surface area contributed by atoms with Crippen LogP contribution in [0.2, 0.25) is 0 Å². The molecule has 4 heteroatoms. The lowest BCUT2D eigenvalue weighted by Gasteiger charge is -2.12. The molecule has 0 aliphatic heterocycles. The Balaban J connectivity index is 2.34. The second-order valence-electron chi connectivity index (χ2n) is 4.45. The molecule has 2 rings (SSSR count). The maximum absolute atomic E-state index is 12.4. The third-order valence-electron chi connectivity index (χ3n) is 3.09. The molecule has 0 amide bonds. The van der Waals surface area contributed by atoms with Gasteiger partial charge in [0.15, 0.2) is 0 Å². The summed E-state index contributed by atoms with van der Waals surface area (Å²) in [6, 6.07) is 8.08. The monoisotopic (exact) mass is 276 g/mol. The van der Waals surface area contributed by atoms with E-state index in [9.17, 15) is 4.79 Å². The van der Waals surface area contributed by atoms with Gasteiger partial charge in [0.05, 0.1) is 10.6 Å². The molecule has 0 aliphatic rings. The van der Waals surface area contributed by atoms with Crippen LogP contribution in [0.4, 0.5) is 0 Å². The fourth-order valence-corrected chi connectivity index (χ4v) is 2.87. The maximum Gasteiger partial charge on any atom is 0.255 e. The van der Waals surface area contributed by atoms with Crippen LogP contribution in [0.5, 0.6) is 0 Å². The summed E-state index contributed by atoms with van der Waals surface area (Å²) in [5, 5.41) is 5.33. The van der Waals surface area contributed by atoms with E-state index in [1.54, 1.807) is 11.3 Å². The highest BCUT2D eigenvalue weighted by Gasteiger charge is 2.09. The van der Waals surface area contributed by atoms with Crippen molar-refractivity contribution in [2.75, 3.05) is 6.54 Å². The molecule has 1 N–H and O–H groups in total. The Kier molecular flexibility index (Phi) is 4.93. The van der Waals surface area contributed by atoms with Crippen LogP contribution in [0, 0.1) is 0 Å². The van der Waals surface area contributed by atoms with Gasteiger partial charge in [0, 0.05) is 18.7 Å². The Morgan fingerprint density at radius 2 is 2.11 bits per heavy atom. The van der Waals surface area contributed by atoms with E-state index in [4.69, 9.17) is 0 Å². The number of thiophene rings is 1. The first kappa shape index (κ1) is 14.0. The summed E-state index contributed by atoms with van der Waals surface area (Å²) < 4.78 is 1.86. The average Bonchev–Trinajstić information content (AvgIpc) is 2.94. The first-order valence-electron chi connectivity index (χ1n) is 6.75. The SMILES string of the molecule is CCCNCc1ccc(-c2cccs2)n(CC)c1=O. The summed E-state index contributed by atoms with van der Waals surface area (Å²) >= 11 is 1.67. The van der Waals surface area contributed by atoms with Gasteiger partial charge in [-0.1, -0.05) is 19.1 Å². The van der Waals surface area contributed by atoms with E-state index in [2.05, 4.69) is 24.4 Å². The van der Waals surface area contributed by atoms with Crippen LogP contribution in [-0.4, -0.2) is 11.1 Å². The fourth-order valence-electron chi connectivity index (χ4n) is 2.11. The first-order valence-corrected chi connectivity index (χ1v) is 7.63. The lowest BCUT2D eigenvalue weighted by Crippen LogP contribution is -2.27. The number of hydrogen-bond donors (Lipinski definition) is 1. The molecular weight excluding hydrogens is 256 g/mol. The summed E-state index contributed by atoms with van der Waals surface area (Å²) in [5.74, 6) is 0. The van der Waals surface area contributed by atoms with Crippen molar-refractivity contribution in [3.8, 4) is 10.6 Å². The van der Waals surface area contributed by atoms with Crippen LogP contribution in [0.25, 0.3) is 10.6 Å². The highest BCUT2D eigenvalue weighted by atomic mass is 32.1. The second kappa shape index (κ2) is 6.68. The van der Waals surface area contributed by atoms with Crippen LogP contribution in [0.15, 0.2) is 34.4 Å². The van der Waals surface area contributed by atoms with Crippen LogP contribution >= 0.6 is 11.3 Å². The molecule has 0 spiro atoms. The maximum atomic E-state index is 12.4. The number of nitrogens with zero attached hydrogens (tertiary/aromatic N) is 1. The molecule has 0 radical (unpaired) electrons. The van der Waals surface area contributed by atoms with Gasteiger partial charge in [-0.2, -0.15) is 0 Å². The molecule has 3 nitrogen and oxygen atoms in total. The molecule has 0 unspecified atom stereocenters. The predicted octanol–water partition coefficient (Wildman–Crippen LogP) is 3.10. The minimum absolute atomic E-state index is 0.122. The van der Waals surface area contributed by atoms with Crippen molar-refractivity contribution in [3.05, 3.63) is 45.6 Å². The van der Waals surface area contributed by atoms with Gasteiger partial charge in [-0.3, -0.25) is 4.79 Å². The fraction of sp³-hybridized carbons (Fsp3) is 0.400. The van der Waals surface area contributed by atoms with Gasteiger partial charge < -0.3 is 9.88 Å². The Labute approximate surface area is 117 Å². The van der Waals surface area contributed by atoms with Crippen molar-refractivity contribution in [2.45, 2.75) is 33.4 Å². The zero-order valence-corrected chi connectivity index (χ0v) is 12.3. The van der Waals surface area contributed by atoms with Gasteiger partial charge in [0.2, 0.25) is 0 Å². The van der Waals surface area contributed by atoms with Crippen LogP contribution in [0.3, 0.4) is 0 Å². The molecule has 19 heavy (non-hydrogen) atoms. The Hall–Kier alpha value is -1.39. The van der Waals surface area contributed by atoms with Crippen molar-refractivity contribution in [1.82, 2.24) is 9.88 Å². The minimum atomic E-state index is 0.122. The largest absolute Gasteiger partial charge is 0.312 e. The van der Waals surface area contributed by atoms with Crippen LogP contribution in [-0.2, 0) is 13.1 Å². The molecule has 0 saturated heterocycles. The Morgan fingerprint density at radius 1 is 1.26 bits per heavy atom. The van der Waals surface area contributed by atoms with Crippen LogP contribution in [0.1, 0.15) is 25.8 Å². The summed E-state index contributed by atoms with van der Waals surface area (Å²) in [5.41, 5.74) is 1.98. The smallest absolute Gasteiger partial charge is 0.255 e. The zero-order valence-electron chi connectivity index (χ0n) is 11.5. The van der Waals surface area contributed by atoms with E-state index in [0.717, 1.165) is 29.1 Å². The number of hydrogen-bond acceptors (Lipinski definition) is 3. The standard InChI is InChI=1S/C15H20N2OS/c1-3-9-16-11-12-7-8-13(14-6-5-10-19-14)17(4-2)15(12)18/h5-8,10,16H,3-4,9,11H2,1-2H3.